The summed E-state index contributed by atoms with van der Waals surface area (Å²) in [4.78, 5) is 30.2. The first-order chi connectivity index (χ1) is 16.5. The number of hydrogen-bond donors (Lipinski definition) is 0. The summed E-state index contributed by atoms with van der Waals surface area (Å²) in [7, 11) is 1.55. The van der Waals surface area contributed by atoms with Crippen LogP contribution in [0.15, 0.2) is 78.2 Å². The number of para-hydroxylation sites is 2. The number of rotatable bonds is 8. The van der Waals surface area contributed by atoms with Crippen molar-refractivity contribution in [3.8, 4) is 17.0 Å². The molecular weight excluding hydrogens is 474 g/mol. The molecule has 1 heterocycles. The molecule has 0 spiro atoms. The zero-order valence-electron chi connectivity index (χ0n) is 18.2. The Morgan fingerprint density at radius 2 is 1.79 bits per heavy atom. The average molecular weight is 494 g/mol. The molecule has 0 saturated carbocycles. The van der Waals surface area contributed by atoms with Crippen molar-refractivity contribution in [1.29, 1.82) is 0 Å². The van der Waals surface area contributed by atoms with Gasteiger partial charge in [0.15, 0.2) is 5.13 Å². The lowest BCUT2D eigenvalue weighted by Crippen LogP contribution is -2.26. The molecule has 7 nitrogen and oxygen atoms in total. The fourth-order valence-corrected chi connectivity index (χ4v) is 4.56. The van der Waals surface area contributed by atoms with Gasteiger partial charge < -0.3 is 4.74 Å². The van der Waals surface area contributed by atoms with Crippen molar-refractivity contribution in [2.45, 2.75) is 12.8 Å². The minimum absolute atomic E-state index is 0.00426. The second-order valence-corrected chi connectivity index (χ2v) is 8.56. The number of nitro groups is 1. The molecule has 0 fully saturated rings. The Kier molecular flexibility index (Phi) is 7.20. The minimum Gasteiger partial charge on any atom is -0.495 e. The Morgan fingerprint density at radius 1 is 1.09 bits per heavy atom. The fourth-order valence-electron chi connectivity index (χ4n) is 3.47. The SMILES string of the molecule is COc1ccccc1N(C(=O)CCc1ccccc1Cl)c1nc(-c2ccc([N+](=O)[O-])cc2)cs1. The van der Waals surface area contributed by atoms with Crippen LogP contribution in [-0.2, 0) is 11.2 Å². The van der Waals surface area contributed by atoms with Gasteiger partial charge in [0.1, 0.15) is 5.75 Å². The predicted octanol–water partition coefficient (Wildman–Crippen LogP) is 6.68. The number of hydrogen-bond acceptors (Lipinski definition) is 6. The van der Waals surface area contributed by atoms with Crippen LogP contribution < -0.4 is 9.64 Å². The molecule has 0 saturated heterocycles. The van der Waals surface area contributed by atoms with E-state index in [4.69, 9.17) is 16.3 Å². The maximum Gasteiger partial charge on any atom is 0.269 e. The molecule has 0 bridgehead atoms. The van der Waals surface area contributed by atoms with Gasteiger partial charge in [-0.3, -0.25) is 19.8 Å². The minimum atomic E-state index is -0.447. The molecule has 1 amide bonds. The first kappa shape index (κ1) is 23.4. The lowest BCUT2D eigenvalue weighted by Gasteiger charge is -2.22. The molecule has 34 heavy (non-hydrogen) atoms. The van der Waals surface area contributed by atoms with E-state index < -0.39 is 4.92 Å². The zero-order valence-corrected chi connectivity index (χ0v) is 19.8. The molecule has 4 rings (SSSR count). The van der Waals surface area contributed by atoms with Crippen molar-refractivity contribution in [2.24, 2.45) is 0 Å². The van der Waals surface area contributed by atoms with Crippen molar-refractivity contribution in [3.63, 3.8) is 0 Å². The number of thiazole rings is 1. The smallest absolute Gasteiger partial charge is 0.269 e. The standard InChI is InChI=1S/C25H20ClN3O4S/c1-33-23-9-5-4-8-22(23)28(24(30)15-12-17-6-2-3-7-20(17)26)25-27-21(16-34-25)18-10-13-19(14-11-18)29(31)32/h2-11,13-14,16H,12,15H2,1H3. The molecule has 1 aromatic heterocycles. The maximum absolute atomic E-state index is 13.5. The van der Waals surface area contributed by atoms with E-state index in [1.807, 2.05) is 35.7 Å². The molecule has 0 unspecified atom stereocenters. The Bertz CT molecular complexity index is 1320. The first-order valence-corrected chi connectivity index (χ1v) is 11.6. The van der Waals surface area contributed by atoms with Crippen LogP contribution in [0.2, 0.25) is 5.02 Å². The van der Waals surface area contributed by atoms with Crippen LogP contribution in [-0.4, -0.2) is 22.9 Å². The Balaban J connectivity index is 1.67. The lowest BCUT2D eigenvalue weighted by molar-refractivity contribution is -0.384. The highest BCUT2D eigenvalue weighted by Crippen LogP contribution is 2.38. The van der Waals surface area contributed by atoms with Crippen molar-refractivity contribution in [1.82, 2.24) is 4.98 Å². The van der Waals surface area contributed by atoms with Crippen molar-refractivity contribution < 1.29 is 14.5 Å². The topological polar surface area (TPSA) is 85.6 Å². The molecule has 0 aliphatic rings. The summed E-state index contributed by atoms with van der Waals surface area (Å²) in [6.45, 7) is 0. The fraction of sp³-hybridized carbons (Fsp3) is 0.120. The molecule has 0 atom stereocenters. The number of halogens is 1. The van der Waals surface area contributed by atoms with Gasteiger partial charge in [-0.2, -0.15) is 0 Å². The number of anilines is 2. The number of methoxy groups -OCH3 is 1. The van der Waals surface area contributed by atoms with Crippen LogP contribution in [0.5, 0.6) is 5.75 Å². The largest absolute Gasteiger partial charge is 0.495 e. The maximum atomic E-state index is 13.5. The van der Waals surface area contributed by atoms with E-state index in [9.17, 15) is 14.9 Å². The molecule has 3 aromatic carbocycles. The molecule has 4 aromatic rings. The summed E-state index contributed by atoms with van der Waals surface area (Å²) in [5, 5.41) is 13.9. The molecule has 0 N–H and O–H groups in total. The van der Waals surface area contributed by atoms with Crippen LogP contribution >= 0.6 is 22.9 Å². The van der Waals surface area contributed by atoms with E-state index in [0.29, 0.717) is 33.7 Å². The first-order valence-electron chi connectivity index (χ1n) is 10.4. The third kappa shape index (κ3) is 5.08. The number of carbonyl (C=O) groups excluding carboxylic acids is 1. The van der Waals surface area contributed by atoms with Gasteiger partial charge in [0.25, 0.3) is 5.69 Å². The van der Waals surface area contributed by atoms with Gasteiger partial charge in [0.2, 0.25) is 5.91 Å². The molecule has 0 aliphatic heterocycles. The number of ether oxygens (including phenoxy) is 1. The highest BCUT2D eigenvalue weighted by atomic mass is 35.5. The number of nitrogens with zero attached hydrogens (tertiary/aromatic N) is 3. The van der Waals surface area contributed by atoms with E-state index in [1.165, 1.54) is 23.5 Å². The van der Waals surface area contributed by atoms with E-state index in [0.717, 1.165) is 11.1 Å². The zero-order chi connectivity index (χ0) is 24.1. The number of carbonyl (C=O) groups is 1. The average Bonchev–Trinajstić information content (AvgIpc) is 3.34. The molecule has 0 radical (unpaired) electrons. The van der Waals surface area contributed by atoms with E-state index in [1.54, 1.807) is 42.3 Å². The van der Waals surface area contributed by atoms with Gasteiger partial charge in [-0.1, -0.05) is 41.9 Å². The van der Waals surface area contributed by atoms with E-state index in [-0.39, 0.29) is 18.0 Å². The van der Waals surface area contributed by atoms with Crippen LogP contribution in [0.1, 0.15) is 12.0 Å². The van der Waals surface area contributed by atoms with Crippen LogP contribution in [0, 0.1) is 10.1 Å². The number of aryl methyl sites for hydroxylation is 1. The van der Waals surface area contributed by atoms with Gasteiger partial charge in [-0.05, 0) is 42.3 Å². The summed E-state index contributed by atoms with van der Waals surface area (Å²) in [5.41, 5.74) is 2.82. The van der Waals surface area contributed by atoms with Gasteiger partial charge >= 0.3 is 0 Å². The van der Waals surface area contributed by atoms with Crippen molar-refractivity contribution >= 4 is 45.4 Å². The molecule has 172 valence electrons. The Morgan fingerprint density at radius 3 is 2.50 bits per heavy atom. The highest BCUT2D eigenvalue weighted by molar-refractivity contribution is 7.14. The second-order valence-electron chi connectivity index (χ2n) is 7.31. The monoisotopic (exact) mass is 493 g/mol. The number of nitro benzene ring substituents is 1. The van der Waals surface area contributed by atoms with Crippen LogP contribution in [0.25, 0.3) is 11.3 Å². The lowest BCUT2D eigenvalue weighted by atomic mass is 10.1. The number of amides is 1. The van der Waals surface area contributed by atoms with Gasteiger partial charge in [-0.25, -0.2) is 4.98 Å². The van der Waals surface area contributed by atoms with Gasteiger partial charge in [0.05, 0.1) is 23.4 Å². The Labute approximate surface area is 205 Å². The number of aromatic nitrogens is 1. The van der Waals surface area contributed by atoms with Crippen LogP contribution in [0.3, 0.4) is 0 Å². The van der Waals surface area contributed by atoms with Crippen molar-refractivity contribution in [3.05, 3.63) is 98.9 Å². The third-order valence-corrected chi connectivity index (χ3v) is 6.39. The van der Waals surface area contributed by atoms with Crippen molar-refractivity contribution in [2.75, 3.05) is 12.0 Å². The summed E-state index contributed by atoms with van der Waals surface area (Å²) >= 11 is 7.58. The summed E-state index contributed by atoms with van der Waals surface area (Å²) in [6.07, 6.45) is 0.693. The molecule has 9 heteroatoms. The second kappa shape index (κ2) is 10.5. The summed E-state index contributed by atoms with van der Waals surface area (Å²) in [6, 6.07) is 20.8. The van der Waals surface area contributed by atoms with E-state index >= 15 is 0 Å². The van der Waals surface area contributed by atoms with E-state index in [2.05, 4.69) is 4.98 Å². The quantitative estimate of drug-likeness (QED) is 0.202. The highest BCUT2D eigenvalue weighted by Gasteiger charge is 2.24. The summed E-state index contributed by atoms with van der Waals surface area (Å²) < 4.78 is 5.50. The molecular formula is C25H20ClN3O4S. The number of benzene rings is 3. The molecule has 0 aliphatic carbocycles. The third-order valence-electron chi connectivity index (χ3n) is 5.20. The number of non-ortho nitro benzene ring substituents is 1. The van der Waals surface area contributed by atoms with Crippen LogP contribution in [0.4, 0.5) is 16.5 Å². The normalized spacial score (nSPS) is 10.6. The van der Waals surface area contributed by atoms with Gasteiger partial charge in [0, 0.05) is 34.5 Å². The Hall–Kier alpha value is -3.75. The predicted molar refractivity (Wildman–Crippen MR) is 134 cm³/mol. The summed E-state index contributed by atoms with van der Waals surface area (Å²) in [5.74, 6) is 0.384. The van der Waals surface area contributed by atoms with Gasteiger partial charge in [-0.15, -0.1) is 11.3 Å².